The highest BCUT2D eigenvalue weighted by Crippen LogP contribution is 2.45. The fourth-order valence-corrected chi connectivity index (χ4v) is 2.99. The van der Waals surface area contributed by atoms with Gasteiger partial charge in [0.2, 0.25) is 0 Å². The molecular weight excluding hydrogens is 325 g/mol. The lowest BCUT2D eigenvalue weighted by Gasteiger charge is -2.06. The molecule has 0 aromatic heterocycles. The summed E-state index contributed by atoms with van der Waals surface area (Å²) in [6.45, 7) is 4.05. The van der Waals surface area contributed by atoms with Gasteiger partial charge in [-0.05, 0) is 51.9 Å². The van der Waals surface area contributed by atoms with Crippen molar-refractivity contribution < 1.29 is 17.9 Å². The van der Waals surface area contributed by atoms with Crippen molar-refractivity contribution in [2.24, 2.45) is 0 Å². The van der Waals surface area contributed by atoms with E-state index in [9.17, 15) is 13.2 Å². The molecule has 2 aliphatic carbocycles. The molecule has 0 heterocycles. The summed E-state index contributed by atoms with van der Waals surface area (Å²) in [4.78, 5) is 0. The van der Waals surface area contributed by atoms with Crippen LogP contribution in [-0.2, 0) is 6.18 Å². The van der Waals surface area contributed by atoms with Crippen LogP contribution in [0.25, 0.3) is 22.3 Å². The van der Waals surface area contributed by atoms with Crippen molar-refractivity contribution in [3.8, 4) is 28.0 Å². The summed E-state index contributed by atoms with van der Waals surface area (Å²) < 4.78 is 45.7. The fraction of sp³-hybridized carbons (Fsp3) is 0.238. The van der Waals surface area contributed by atoms with Crippen LogP contribution in [0, 0.1) is 0 Å². The Hall–Kier alpha value is -2.49. The number of hydrogen-bond donors (Lipinski definition) is 0. The number of benzene rings is 1. The fourth-order valence-electron chi connectivity index (χ4n) is 2.99. The van der Waals surface area contributed by atoms with E-state index < -0.39 is 11.7 Å². The van der Waals surface area contributed by atoms with Crippen LogP contribution < -0.4 is 4.74 Å². The van der Waals surface area contributed by atoms with Crippen LogP contribution in [0.2, 0.25) is 0 Å². The highest BCUT2D eigenvalue weighted by atomic mass is 19.4. The number of rotatable bonds is 3. The number of methoxy groups -OCH3 is 1. The molecule has 0 aliphatic heterocycles. The third kappa shape index (κ3) is 3.34. The molecule has 2 aliphatic rings. The SMILES string of the molecule is COc1ccc(-c2cc(C(F)(F)F)c3ccc(C(C)C)ccc2-3)cc1. The first-order valence-electron chi connectivity index (χ1n) is 8.09. The highest BCUT2D eigenvalue weighted by Gasteiger charge is 2.36. The average molecular weight is 344 g/mol. The van der Waals surface area contributed by atoms with Gasteiger partial charge in [0.15, 0.2) is 0 Å². The number of ether oxygens (including phenoxy) is 1. The molecule has 1 aromatic carbocycles. The predicted octanol–water partition coefficient (Wildman–Crippen LogP) is 6.61. The summed E-state index contributed by atoms with van der Waals surface area (Å²) in [6.07, 6.45) is -4.39. The quantitative estimate of drug-likeness (QED) is 0.519. The van der Waals surface area contributed by atoms with Gasteiger partial charge in [-0.2, -0.15) is 13.2 Å². The summed E-state index contributed by atoms with van der Waals surface area (Å²) in [5.74, 6) is 0.915. The molecule has 0 unspecified atom stereocenters. The number of fused-ring (bicyclic) bond motifs is 1. The van der Waals surface area contributed by atoms with Gasteiger partial charge >= 0.3 is 6.18 Å². The first kappa shape index (κ1) is 17.3. The average Bonchev–Trinajstić information content (AvgIpc) is 2.80. The lowest BCUT2D eigenvalue weighted by Crippen LogP contribution is -2.03. The van der Waals surface area contributed by atoms with Crippen LogP contribution in [0.5, 0.6) is 5.75 Å². The smallest absolute Gasteiger partial charge is 0.417 e. The van der Waals surface area contributed by atoms with Crippen LogP contribution in [0.15, 0.2) is 54.6 Å². The molecule has 25 heavy (non-hydrogen) atoms. The Balaban J connectivity index is 2.24. The molecule has 4 heteroatoms. The van der Waals surface area contributed by atoms with E-state index in [1.165, 1.54) is 6.07 Å². The van der Waals surface area contributed by atoms with E-state index in [-0.39, 0.29) is 11.5 Å². The van der Waals surface area contributed by atoms with E-state index >= 15 is 0 Å². The molecule has 0 amide bonds. The van der Waals surface area contributed by atoms with Gasteiger partial charge in [0.1, 0.15) is 5.75 Å². The lowest BCUT2D eigenvalue weighted by atomic mass is 10.0. The van der Waals surface area contributed by atoms with Crippen molar-refractivity contribution in [3.63, 3.8) is 0 Å². The van der Waals surface area contributed by atoms with E-state index in [0.29, 0.717) is 16.9 Å². The van der Waals surface area contributed by atoms with Gasteiger partial charge < -0.3 is 4.74 Å². The zero-order chi connectivity index (χ0) is 18.2. The molecule has 1 aromatic rings. The Morgan fingerprint density at radius 2 is 1.40 bits per heavy atom. The van der Waals surface area contributed by atoms with Crippen molar-refractivity contribution in [2.45, 2.75) is 25.9 Å². The Morgan fingerprint density at radius 3 is 1.92 bits per heavy atom. The predicted molar refractivity (Wildman–Crippen MR) is 94.1 cm³/mol. The standard InChI is InChI=1S/C21H19F3O/c1-13(2)14-6-10-17-18(11-7-14)20(21(22,23)24)12-19(17)15-4-8-16(25-3)9-5-15/h4-13H,1-3H3. The van der Waals surface area contributed by atoms with Crippen molar-refractivity contribution in [3.05, 3.63) is 65.7 Å². The molecule has 0 saturated carbocycles. The van der Waals surface area contributed by atoms with Gasteiger partial charge in [-0.1, -0.05) is 50.2 Å². The van der Waals surface area contributed by atoms with Crippen LogP contribution in [0.3, 0.4) is 0 Å². The number of halogens is 3. The zero-order valence-corrected chi connectivity index (χ0v) is 14.3. The maximum Gasteiger partial charge on any atom is 0.417 e. The molecule has 3 rings (SSSR count). The van der Waals surface area contributed by atoms with Gasteiger partial charge in [-0.15, -0.1) is 0 Å². The van der Waals surface area contributed by atoms with Crippen LogP contribution in [0.1, 0.15) is 30.9 Å². The van der Waals surface area contributed by atoms with E-state index in [2.05, 4.69) is 0 Å². The Morgan fingerprint density at radius 1 is 0.800 bits per heavy atom. The second-order valence-corrected chi connectivity index (χ2v) is 6.35. The molecule has 0 N–H and O–H groups in total. The first-order chi connectivity index (χ1) is 11.8. The van der Waals surface area contributed by atoms with Crippen molar-refractivity contribution in [1.82, 2.24) is 0 Å². The molecule has 0 spiro atoms. The molecule has 1 nitrogen and oxygen atoms in total. The maximum atomic E-state index is 13.5. The monoisotopic (exact) mass is 344 g/mol. The summed E-state index contributed by atoms with van der Waals surface area (Å²) in [5.41, 5.74) is 2.55. The Kier molecular flexibility index (Phi) is 4.46. The zero-order valence-electron chi connectivity index (χ0n) is 14.3. The summed E-state index contributed by atoms with van der Waals surface area (Å²) in [7, 11) is 1.56. The van der Waals surface area contributed by atoms with E-state index in [0.717, 1.165) is 11.1 Å². The second-order valence-electron chi connectivity index (χ2n) is 6.35. The molecule has 0 bridgehead atoms. The van der Waals surface area contributed by atoms with Gasteiger partial charge in [-0.3, -0.25) is 0 Å². The summed E-state index contributed by atoms with van der Waals surface area (Å²) >= 11 is 0. The van der Waals surface area contributed by atoms with Crippen molar-refractivity contribution >= 4 is 0 Å². The van der Waals surface area contributed by atoms with Gasteiger partial charge in [0, 0.05) is 0 Å². The third-order valence-corrected chi connectivity index (χ3v) is 4.42. The molecular formula is C21H19F3O. The molecule has 0 saturated heterocycles. The Bertz CT molecular complexity index is 848. The van der Waals surface area contributed by atoms with Crippen LogP contribution in [-0.4, -0.2) is 7.11 Å². The summed E-state index contributed by atoms with van der Waals surface area (Å²) in [6, 6.07) is 15.4. The molecule has 0 radical (unpaired) electrons. The van der Waals surface area contributed by atoms with Gasteiger partial charge in [0.05, 0.1) is 12.7 Å². The van der Waals surface area contributed by atoms with Crippen LogP contribution in [0.4, 0.5) is 13.2 Å². The van der Waals surface area contributed by atoms with E-state index in [1.807, 2.05) is 19.9 Å². The Labute approximate surface area is 145 Å². The lowest BCUT2D eigenvalue weighted by molar-refractivity contribution is -0.136. The molecule has 130 valence electrons. The van der Waals surface area contributed by atoms with E-state index in [4.69, 9.17) is 4.74 Å². The minimum absolute atomic E-state index is 0.227. The third-order valence-electron chi connectivity index (χ3n) is 4.42. The number of hydrogen-bond acceptors (Lipinski definition) is 1. The molecule has 0 atom stereocenters. The topological polar surface area (TPSA) is 9.23 Å². The number of alkyl halides is 3. The van der Waals surface area contributed by atoms with Gasteiger partial charge in [0.25, 0.3) is 0 Å². The van der Waals surface area contributed by atoms with Gasteiger partial charge in [-0.25, -0.2) is 0 Å². The minimum atomic E-state index is -4.39. The van der Waals surface area contributed by atoms with Crippen LogP contribution >= 0.6 is 0 Å². The second kappa shape index (κ2) is 6.43. The van der Waals surface area contributed by atoms with E-state index in [1.54, 1.807) is 49.6 Å². The molecule has 0 fully saturated rings. The maximum absolute atomic E-state index is 13.5. The normalized spacial score (nSPS) is 12.0. The summed E-state index contributed by atoms with van der Waals surface area (Å²) in [5, 5.41) is 0. The highest BCUT2D eigenvalue weighted by molar-refractivity contribution is 5.89. The first-order valence-corrected chi connectivity index (χ1v) is 8.09. The largest absolute Gasteiger partial charge is 0.497 e. The minimum Gasteiger partial charge on any atom is -0.497 e. The van der Waals surface area contributed by atoms with Crippen molar-refractivity contribution in [1.29, 1.82) is 0 Å². The van der Waals surface area contributed by atoms with Crippen molar-refractivity contribution in [2.75, 3.05) is 7.11 Å².